The number of allylic oxidation sites excluding steroid dienone is 2. The summed E-state index contributed by atoms with van der Waals surface area (Å²) in [6, 6.07) is 11.6. The van der Waals surface area contributed by atoms with Crippen LogP contribution >= 0.6 is 15.9 Å². The van der Waals surface area contributed by atoms with Gasteiger partial charge in [0.15, 0.2) is 17.3 Å². The van der Waals surface area contributed by atoms with Crippen LogP contribution in [-0.2, 0) is 9.59 Å². The number of methoxy groups -OCH3 is 2. The van der Waals surface area contributed by atoms with Crippen molar-refractivity contribution in [1.29, 1.82) is 0 Å². The largest absolute Gasteiger partial charge is 0.494 e. The maximum atomic E-state index is 13.4. The summed E-state index contributed by atoms with van der Waals surface area (Å²) in [7, 11) is 3.15. The van der Waals surface area contributed by atoms with Gasteiger partial charge in [-0.25, -0.2) is 0 Å². The Balaban J connectivity index is 1.66. The zero-order chi connectivity index (χ0) is 23.5. The van der Waals surface area contributed by atoms with E-state index in [0.717, 1.165) is 33.5 Å². The lowest BCUT2D eigenvalue weighted by atomic mass is 9.73. The third kappa shape index (κ3) is 4.78. The van der Waals surface area contributed by atoms with Gasteiger partial charge in [-0.15, -0.1) is 0 Å². The van der Waals surface area contributed by atoms with Crippen LogP contribution in [0.25, 0.3) is 0 Å². The fourth-order valence-corrected chi connectivity index (χ4v) is 5.25. The molecule has 0 saturated heterocycles. The third-order valence-electron chi connectivity index (χ3n) is 6.24. The summed E-state index contributed by atoms with van der Waals surface area (Å²) in [5.74, 6) is 1.65. The topological polar surface area (TPSA) is 73.9 Å². The molecule has 33 heavy (non-hydrogen) atoms. The summed E-state index contributed by atoms with van der Waals surface area (Å²) in [5.41, 5.74) is 3.34. The highest BCUT2D eigenvalue weighted by molar-refractivity contribution is 9.10. The van der Waals surface area contributed by atoms with Crippen molar-refractivity contribution < 1.29 is 23.8 Å². The average Bonchev–Trinajstić information content (AvgIpc) is 2.82. The fourth-order valence-electron chi connectivity index (χ4n) is 4.65. The maximum Gasteiger partial charge on any atom is 0.225 e. The highest BCUT2D eigenvalue weighted by atomic mass is 79.9. The fraction of sp³-hybridized carbons (Fsp3) is 0.385. The summed E-state index contributed by atoms with van der Waals surface area (Å²) in [6.07, 6.45) is 2.19. The lowest BCUT2D eigenvalue weighted by Crippen LogP contribution is -2.38. The standard InChI is InChI=1S/C26H28BrNO5/c1-4-9-33-17-7-5-15(6-8-17)16-10-21-26(22(29)11-16)19(13-25(30)28-21)18-12-23(31-2)24(32-3)14-20(18)27/h5-8,12,14,16,19H,4,9-11,13H2,1-3H3,(H,28,30). The molecule has 7 heteroatoms. The van der Waals surface area contributed by atoms with Gasteiger partial charge in [-0.3, -0.25) is 9.59 Å². The first-order valence-electron chi connectivity index (χ1n) is 11.1. The summed E-state index contributed by atoms with van der Waals surface area (Å²) in [4.78, 5) is 26.0. The Kier molecular flexibility index (Phi) is 7.08. The summed E-state index contributed by atoms with van der Waals surface area (Å²) < 4.78 is 17.3. The minimum atomic E-state index is -0.332. The van der Waals surface area contributed by atoms with E-state index >= 15 is 0 Å². The van der Waals surface area contributed by atoms with Crippen molar-refractivity contribution in [2.75, 3.05) is 20.8 Å². The number of carbonyl (C=O) groups is 2. The minimum absolute atomic E-state index is 0.0179. The number of rotatable bonds is 7. The number of Topliss-reactive ketones (excluding diaryl/α,β-unsaturated/α-hetero) is 1. The van der Waals surface area contributed by atoms with Crippen molar-refractivity contribution in [3.05, 3.63) is 63.3 Å². The Morgan fingerprint density at radius 1 is 1.00 bits per heavy atom. The van der Waals surface area contributed by atoms with Crippen molar-refractivity contribution in [2.24, 2.45) is 0 Å². The first kappa shape index (κ1) is 23.4. The number of carbonyl (C=O) groups excluding carboxylic acids is 2. The van der Waals surface area contributed by atoms with Crippen molar-refractivity contribution in [1.82, 2.24) is 5.32 Å². The van der Waals surface area contributed by atoms with Crippen LogP contribution in [0, 0.1) is 0 Å². The van der Waals surface area contributed by atoms with Gasteiger partial charge < -0.3 is 19.5 Å². The Labute approximate surface area is 202 Å². The molecule has 1 aliphatic heterocycles. The molecule has 0 aromatic heterocycles. The molecule has 1 N–H and O–H groups in total. The summed E-state index contributed by atoms with van der Waals surface area (Å²) in [6.45, 7) is 2.75. The molecule has 174 valence electrons. The normalized spacial score (nSPS) is 20.2. The lowest BCUT2D eigenvalue weighted by Gasteiger charge is -2.35. The van der Waals surface area contributed by atoms with Gasteiger partial charge in [-0.2, -0.15) is 0 Å². The maximum absolute atomic E-state index is 13.4. The first-order valence-corrected chi connectivity index (χ1v) is 11.9. The van der Waals surface area contributed by atoms with Crippen molar-refractivity contribution in [3.63, 3.8) is 0 Å². The predicted molar refractivity (Wildman–Crippen MR) is 129 cm³/mol. The quantitative estimate of drug-likeness (QED) is 0.546. The van der Waals surface area contributed by atoms with E-state index in [9.17, 15) is 9.59 Å². The minimum Gasteiger partial charge on any atom is -0.494 e. The van der Waals surface area contributed by atoms with Gasteiger partial charge in [0.1, 0.15) is 5.75 Å². The molecule has 4 rings (SSSR count). The molecule has 0 fully saturated rings. The molecule has 2 aromatic rings. The van der Waals surface area contributed by atoms with E-state index in [1.54, 1.807) is 14.2 Å². The second kappa shape index (κ2) is 10.00. The number of nitrogens with one attached hydrogen (secondary N) is 1. The van der Waals surface area contributed by atoms with E-state index in [1.165, 1.54) is 0 Å². The van der Waals surface area contributed by atoms with Gasteiger partial charge in [0, 0.05) is 34.5 Å². The Morgan fingerprint density at radius 2 is 1.70 bits per heavy atom. The Bertz CT molecular complexity index is 1090. The van der Waals surface area contributed by atoms with Crippen molar-refractivity contribution in [2.45, 2.75) is 44.4 Å². The van der Waals surface area contributed by atoms with Gasteiger partial charge in [-0.05, 0) is 54.2 Å². The van der Waals surface area contributed by atoms with E-state index < -0.39 is 0 Å². The predicted octanol–water partition coefficient (Wildman–Crippen LogP) is 5.26. The zero-order valence-electron chi connectivity index (χ0n) is 19.1. The average molecular weight is 514 g/mol. The highest BCUT2D eigenvalue weighted by Crippen LogP contribution is 2.46. The van der Waals surface area contributed by atoms with Crippen LogP contribution in [0.4, 0.5) is 0 Å². The van der Waals surface area contributed by atoms with E-state index in [0.29, 0.717) is 36.5 Å². The molecule has 2 unspecified atom stereocenters. The van der Waals surface area contributed by atoms with Gasteiger partial charge in [0.05, 0.1) is 20.8 Å². The van der Waals surface area contributed by atoms with Gasteiger partial charge in [0.2, 0.25) is 5.91 Å². The SMILES string of the molecule is CCCOc1ccc(C2CC(=O)C3=C(C2)NC(=O)CC3c2cc(OC)c(OC)cc2Br)cc1. The van der Waals surface area contributed by atoms with Gasteiger partial charge >= 0.3 is 0 Å². The van der Waals surface area contributed by atoms with Crippen LogP contribution in [0.1, 0.15) is 55.6 Å². The summed E-state index contributed by atoms with van der Waals surface area (Å²) in [5, 5.41) is 2.98. The number of hydrogen-bond donors (Lipinski definition) is 1. The molecule has 2 atom stereocenters. The third-order valence-corrected chi connectivity index (χ3v) is 6.93. The number of ether oxygens (including phenoxy) is 3. The molecule has 6 nitrogen and oxygen atoms in total. The Morgan fingerprint density at radius 3 is 2.36 bits per heavy atom. The van der Waals surface area contributed by atoms with Crippen LogP contribution in [-0.4, -0.2) is 32.5 Å². The second-order valence-electron chi connectivity index (χ2n) is 8.37. The van der Waals surface area contributed by atoms with E-state index in [4.69, 9.17) is 14.2 Å². The Hall–Kier alpha value is -2.80. The van der Waals surface area contributed by atoms with Crippen LogP contribution in [0.15, 0.2) is 52.1 Å². The number of hydrogen-bond acceptors (Lipinski definition) is 5. The van der Waals surface area contributed by atoms with Crippen molar-refractivity contribution >= 4 is 27.6 Å². The molecule has 2 aliphatic rings. The molecular formula is C26H28BrNO5. The highest BCUT2D eigenvalue weighted by Gasteiger charge is 2.39. The van der Waals surface area contributed by atoms with Gasteiger partial charge in [-0.1, -0.05) is 35.0 Å². The van der Waals surface area contributed by atoms with E-state index in [2.05, 4.69) is 28.2 Å². The van der Waals surface area contributed by atoms with Crippen LogP contribution in [0.3, 0.4) is 0 Å². The zero-order valence-corrected chi connectivity index (χ0v) is 20.7. The molecular weight excluding hydrogens is 486 g/mol. The smallest absolute Gasteiger partial charge is 0.225 e. The van der Waals surface area contributed by atoms with Crippen molar-refractivity contribution in [3.8, 4) is 17.2 Å². The monoisotopic (exact) mass is 513 g/mol. The van der Waals surface area contributed by atoms with Crippen LogP contribution < -0.4 is 19.5 Å². The number of amides is 1. The second-order valence-corrected chi connectivity index (χ2v) is 9.23. The molecule has 2 aromatic carbocycles. The molecule has 1 heterocycles. The molecule has 1 amide bonds. The first-order chi connectivity index (χ1) is 15.9. The number of ketones is 1. The lowest BCUT2D eigenvalue weighted by molar-refractivity contribution is -0.122. The number of halogens is 1. The molecule has 0 saturated carbocycles. The van der Waals surface area contributed by atoms with Gasteiger partial charge in [0.25, 0.3) is 0 Å². The molecule has 0 bridgehead atoms. The van der Waals surface area contributed by atoms with Crippen LogP contribution in [0.2, 0.25) is 0 Å². The van der Waals surface area contributed by atoms with E-state index in [1.807, 2.05) is 36.4 Å². The molecule has 0 spiro atoms. The van der Waals surface area contributed by atoms with E-state index in [-0.39, 0.29) is 29.9 Å². The van der Waals surface area contributed by atoms with Crippen LogP contribution in [0.5, 0.6) is 17.2 Å². The molecule has 0 radical (unpaired) electrons. The molecule has 1 aliphatic carbocycles. The number of benzene rings is 2. The summed E-state index contributed by atoms with van der Waals surface area (Å²) >= 11 is 3.60.